The Morgan fingerprint density at radius 1 is 1.17 bits per heavy atom. The van der Waals surface area contributed by atoms with E-state index in [1.807, 2.05) is 6.07 Å². The van der Waals surface area contributed by atoms with E-state index in [1.165, 1.54) is 6.08 Å². The first-order valence-electron chi connectivity index (χ1n) is 7.96. The van der Waals surface area contributed by atoms with Gasteiger partial charge in [-0.2, -0.15) is 0 Å². The molecule has 7 heteroatoms. The fourth-order valence-corrected chi connectivity index (χ4v) is 2.90. The summed E-state index contributed by atoms with van der Waals surface area (Å²) in [4.78, 5) is 38.7. The Hall–Kier alpha value is -2.67. The van der Waals surface area contributed by atoms with Crippen LogP contribution in [0, 0.1) is 0 Å². The molecular weight excluding hydrogens is 310 g/mol. The third-order valence-corrected chi connectivity index (χ3v) is 4.09. The highest BCUT2D eigenvalue weighted by Gasteiger charge is 2.30. The molecule has 2 N–H and O–H groups in total. The zero-order chi connectivity index (χ0) is 17.1. The predicted octanol–water partition coefficient (Wildman–Crippen LogP) is 0.860. The Morgan fingerprint density at radius 2 is 2.00 bits per heavy atom. The summed E-state index contributed by atoms with van der Waals surface area (Å²) >= 11 is 0. The molecule has 1 fully saturated rings. The molecule has 0 radical (unpaired) electrons. The maximum absolute atomic E-state index is 12.1. The van der Waals surface area contributed by atoms with E-state index in [0.29, 0.717) is 18.7 Å². The normalized spacial score (nSPS) is 18.2. The number of nitrogens with zero attached hydrogens (tertiary/aromatic N) is 2. The number of piperidine rings is 1. The van der Waals surface area contributed by atoms with Crippen molar-refractivity contribution in [2.75, 3.05) is 29.9 Å². The van der Waals surface area contributed by atoms with Gasteiger partial charge in [0.05, 0.1) is 13.2 Å². The van der Waals surface area contributed by atoms with Crippen LogP contribution in [0.3, 0.4) is 0 Å². The van der Waals surface area contributed by atoms with E-state index < -0.39 is 11.8 Å². The van der Waals surface area contributed by atoms with Crippen LogP contribution >= 0.6 is 0 Å². The molecule has 2 aliphatic rings. The largest absolute Gasteiger partial charge is 0.395 e. The quantitative estimate of drug-likeness (QED) is 0.782. The van der Waals surface area contributed by atoms with Crippen LogP contribution in [0.4, 0.5) is 11.4 Å². The van der Waals surface area contributed by atoms with Crippen molar-refractivity contribution in [1.29, 1.82) is 0 Å². The fraction of sp³-hybridized carbons (Fsp3) is 0.353. The number of nitrogens with one attached hydrogen (secondary N) is 1. The lowest BCUT2D eigenvalue weighted by molar-refractivity contribution is -0.137. The monoisotopic (exact) mass is 329 g/mol. The van der Waals surface area contributed by atoms with Crippen molar-refractivity contribution >= 4 is 29.1 Å². The minimum absolute atomic E-state index is 0.0261. The number of anilines is 2. The van der Waals surface area contributed by atoms with E-state index in [1.54, 1.807) is 23.1 Å². The van der Waals surface area contributed by atoms with Crippen molar-refractivity contribution in [3.63, 3.8) is 0 Å². The van der Waals surface area contributed by atoms with E-state index in [2.05, 4.69) is 5.32 Å². The van der Waals surface area contributed by atoms with E-state index in [9.17, 15) is 14.4 Å². The molecule has 0 atom stereocenters. The number of carbonyl (C=O) groups excluding carboxylic acids is 3. The number of hydrogen-bond donors (Lipinski definition) is 2. The van der Waals surface area contributed by atoms with Gasteiger partial charge in [0.2, 0.25) is 5.91 Å². The van der Waals surface area contributed by atoms with Crippen LogP contribution < -0.4 is 10.2 Å². The second-order valence-electron chi connectivity index (χ2n) is 5.75. The van der Waals surface area contributed by atoms with Crippen LogP contribution in [0.1, 0.15) is 19.3 Å². The first-order valence-corrected chi connectivity index (χ1v) is 7.96. The molecule has 7 nitrogen and oxygen atoms in total. The molecule has 24 heavy (non-hydrogen) atoms. The summed E-state index contributed by atoms with van der Waals surface area (Å²) in [5.41, 5.74) is 1.56. The zero-order valence-corrected chi connectivity index (χ0v) is 13.2. The van der Waals surface area contributed by atoms with Crippen molar-refractivity contribution in [1.82, 2.24) is 4.90 Å². The van der Waals surface area contributed by atoms with Gasteiger partial charge in [-0.25, -0.2) is 0 Å². The standard InChI is InChI=1S/C17H19N3O4/c21-9-8-20-16(23)11-14(17(20)24)18-12-4-3-5-13(10-12)19-7-2-1-6-15(19)22/h3-5,10-11,18,21H,1-2,6-9H2. The molecule has 0 aromatic heterocycles. The fourth-order valence-electron chi connectivity index (χ4n) is 2.90. The lowest BCUT2D eigenvalue weighted by Crippen LogP contribution is -2.35. The number of imide groups is 1. The average molecular weight is 329 g/mol. The van der Waals surface area contributed by atoms with Crippen molar-refractivity contribution in [2.24, 2.45) is 0 Å². The molecule has 2 aliphatic heterocycles. The second kappa shape index (κ2) is 6.84. The topological polar surface area (TPSA) is 90.0 Å². The summed E-state index contributed by atoms with van der Waals surface area (Å²) in [5.74, 6) is -0.814. The van der Waals surface area contributed by atoms with Crippen molar-refractivity contribution in [3.8, 4) is 0 Å². The molecular formula is C17H19N3O4. The van der Waals surface area contributed by atoms with E-state index in [-0.39, 0.29) is 24.8 Å². The summed E-state index contributed by atoms with van der Waals surface area (Å²) in [5, 5.41) is 11.8. The van der Waals surface area contributed by atoms with E-state index in [4.69, 9.17) is 5.11 Å². The van der Waals surface area contributed by atoms with Crippen LogP contribution in [0.15, 0.2) is 36.0 Å². The minimum atomic E-state index is -0.464. The predicted molar refractivity (Wildman–Crippen MR) is 88.2 cm³/mol. The van der Waals surface area contributed by atoms with Crippen LogP contribution in [0.25, 0.3) is 0 Å². The van der Waals surface area contributed by atoms with Gasteiger partial charge < -0.3 is 15.3 Å². The molecule has 1 aromatic carbocycles. The number of hydrogen-bond acceptors (Lipinski definition) is 5. The molecule has 3 rings (SSSR count). The SMILES string of the molecule is O=C1C=C(Nc2cccc(N3CCCCC3=O)c2)C(=O)N1CCO. The molecule has 126 valence electrons. The van der Waals surface area contributed by atoms with Gasteiger partial charge in [0, 0.05) is 30.4 Å². The third-order valence-electron chi connectivity index (χ3n) is 4.09. The smallest absolute Gasteiger partial charge is 0.277 e. The van der Waals surface area contributed by atoms with Gasteiger partial charge in [-0.1, -0.05) is 6.07 Å². The summed E-state index contributed by atoms with van der Waals surface area (Å²) < 4.78 is 0. The van der Waals surface area contributed by atoms with Crippen LogP contribution in [0.2, 0.25) is 0 Å². The number of rotatable bonds is 5. The molecule has 0 saturated carbocycles. The van der Waals surface area contributed by atoms with Gasteiger partial charge in [-0.3, -0.25) is 19.3 Å². The van der Waals surface area contributed by atoms with Gasteiger partial charge in [-0.05, 0) is 31.0 Å². The Labute approximate surface area is 139 Å². The zero-order valence-electron chi connectivity index (χ0n) is 13.2. The van der Waals surface area contributed by atoms with Gasteiger partial charge in [0.25, 0.3) is 11.8 Å². The van der Waals surface area contributed by atoms with Gasteiger partial charge in [0.15, 0.2) is 0 Å². The van der Waals surface area contributed by atoms with E-state index in [0.717, 1.165) is 23.4 Å². The highest BCUT2D eigenvalue weighted by atomic mass is 16.3. The molecule has 0 aliphatic carbocycles. The number of aliphatic hydroxyl groups excluding tert-OH is 1. The Morgan fingerprint density at radius 3 is 2.75 bits per heavy atom. The van der Waals surface area contributed by atoms with Crippen LogP contribution in [-0.2, 0) is 14.4 Å². The highest BCUT2D eigenvalue weighted by molar-refractivity contribution is 6.17. The van der Waals surface area contributed by atoms with Crippen molar-refractivity contribution < 1.29 is 19.5 Å². The Kier molecular flexibility index (Phi) is 4.61. The summed E-state index contributed by atoms with van der Waals surface area (Å²) in [6.07, 6.45) is 3.65. The molecule has 0 unspecified atom stereocenters. The number of aliphatic hydroxyl groups is 1. The van der Waals surface area contributed by atoms with Crippen LogP contribution in [-0.4, -0.2) is 47.4 Å². The highest BCUT2D eigenvalue weighted by Crippen LogP contribution is 2.25. The Bertz CT molecular complexity index is 714. The lowest BCUT2D eigenvalue weighted by Gasteiger charge is -2.27. The molecule has 0 spiro atoms. The summed E-state index contributed by atoms with van der Waals surface area (Å²) in [7, 11) is 0. The molecule has 1 saturated heterocycles. The van der Waals surface area contributed by atoms with Crippen molar-refractivity contribution in [3.05, 3.63) is 36.0 Å². The molecule has 1 aromatic rings. The first-order chi connectivity index (χ1) is 11.6. The maximum Gasteiger partial charge on any atom is 0.277 e. The van der Waals surface area contributed by atoms with Crippen LogP contribution in [0.5, 0.6) is 0 Å². The number of benzene rings is 1. The molecule has 2 heterocycles. The lowest BCUT2D eigenvalue weighted by atomic mass is 10.1. The van der Waals surface area contributed by atoms with E-state index >= 15 is 0 Å². The summed E-state index contributed by atoms with van der Waals surface area (Å²) in [6.45, 7) is 0.388. The Balaban J connectivity index is 1.76. The third kappa shape index (κ3) is 3.16. The average Bonchev–Trinajstić information content (AvgIpc) is 2.83. The number of carbonyl (C=O) groups is 3. The van der Waals surface area contributed by atoms with Crippen molar-refractivity contribution in [2.45, 2.75) is 19.3 Å². The van der Waals surface area contributed by atoms with Gasteiger partial charge in [0.1, 0.15) is 5.70 Å². The van der Waals surface area contributed by atoms with Gasteiger partial charge >= 0.3 is 0 Å². The number of amides is 3. The molecule has 0 bridgehead atoms. The number of β-amino-alcohol motifs (C(OH)–C–C–N with tert-alkyl or cyclic N) is 1. The van der Waals surface area contributed by atoms with Gasteiger partial charge in [-0.15, -0.1) is 0 Å². The molecule has 3 amide bonds. The maximum atomic E-state index is 12.1. The summed E-state index contributed by atoms with van der Waals surface area (Å²) in [6, 6.07) is 7.21. The minimum Gasteiger partial charge on any atom is -0.395 e. The second-order valence-corrected chi connectivity index (χ2v) is 5.75. The first kappa shape index (κ1) is 16.2.